The lowest BCUT2D eigenvalue weighted by Gasteiger charge is -2.34. The first-order chi connectivity index (χ1) is 12.2. The zero-order chi connectivity index (χ0) is 17.6. The number of ether oxygens (including phenoxy) is 2. The molecule has 25 heavy (non-hydrogen) atoms. The van der Waals surface area contributed by atoms with E-state index in [9.17, 15) is 9.18 Å². The Balaban J connectivity index is 1.36. The molecule has 2 aliphatic rings. The maximum absolute atomic E-state index is 14.0. The van der Waals surface area contributed by atoms with Crippen LogP contribution < -0.4 is 4.74 Å². The highest BCUT2D eigenvalue weighted by Crippen LogP contribution is 2.27. The van der Waals surface area contributed by atoms with E-state index in [-0.39, 0.29) is 17.9 Å². The van der Waals surface area contributed by atoms with Crippen molar-refractivity contribution < 1.29 is 18.7 Å². The van der Waals surface area contributed by atoms with Crippen LogP contribution in [0, 0.1) is 5.82 Å². The van der Waals surface area contributed by atoms with Crippen LogP contribution in [-0.2, 0) is 4.74 Å². The Kier molecular flexibility index (Phi) is 6.26. The average molecular weight is 350 g/mol. The van der Waals surface area contributed by atoms with Crippen LogP contribution in [0.15, 0.2) is 18.2 Å². The normalized spacial score (nSPS) is 19.0. The number of esters is 1. The molecule has 1 saturated heterocycles. The first-order valence-electron chi connectivity index (χ1n) is 9.23. The summed E-state index contributed by atoms with van der Waals surface area (Å²) in [5.74, 6) is -0.853. The summed E-state index contributed by atoms with van der Waals surface area (Å²) in [5.41, 5.74) is 0.209. The van der Waals surface area contributed by atoms with Gasteiger partial charge < -0.3 is 14.4 Å². The second-order valence-electron chi connectivity index (χ2n) is 6.68. The Bertz CT molecular complexity index is 584. The third-order valence-corrected chi connectivity index (χ3v) is 4.79. The van der Waals surface area contributed by atoms with Gasteiger partial charge in [0.05, 0.1) is 18.8 Å². The lowest BCUT2D eigenvalue weighted by atomic mass is 10.2. The number of hydrogen-bond acceptors (Lipinski definition) is 5. The van der Waals surface area contributed by atoms with Gasteiger partial charge in [-0.1, -0.05) is 0 Å². The van der Waals surface area contributed by atoms with Gasteiger partial charge in [0.25, 0.3) is 0 Å². The van der Waals surface area contributed by atoms with Crippen LogP contribution in [0.1, 0.15) is 36.5 Å². The van der Waals surface area contributed by atoms with E-state index in [0.717, 1.165) is 45.2 Å². The zero-order valence-electron chi connectivity index (χ0n) is 14.9. The summed E-state index contributed by atoms with van der Waals surface area (Å²) in [6.45, 7) is 7.98. The average Bonchev–Trinajstić information content (AvgIpc) is 3.45. The van der Waals surface area contributed by atoms with Crippen molar-refractivity contribution in [1.29, 1.82) is 0 Å². The van der Waals surface area contributed by atoms with E-state index in [0.29, 0.717) is 6.61 Å². The fourth-order valence-corrected chi connectivity index (χ4v) is 3.22. The molecule has 1 aromatic rings. The maximum atomic E-state index is 14.0. The van der Waals surface area contributed by atoms with Gasteiger partial charge in [0.2, 0.25) is 0 Å². The molecule has 0 bridgehead atoms. The van der Waals surface area contributed by atoms with Crippen LogP contribution in [0.5, 0.6) is 5.75 Å². The molecule has 5 nitrogen and oxygen atoms in total. The van der Waals surface area contributed by atoms with Crippen LogP contribution in [0.3, 0.4) is 0 Å². The van der Waals surface area contributed by atoms with Gasteiger partial charge >= 0.3 is 5.97 Å². The van der Waals surface area contributed by atoms with E-state index < -0.39 is 11.8 Å². The molecule has 0 amide bonds. The van der Waals surface area contributed by atoms with Crippen molar-refractivity contribution in [3.63, 3.8) is 0 Å². The van der Waals surface area contributed by atoms with E-state index in [1.54, 1.807) is 6.92 Å². The van der Waals surface area contributed by atoms with Crippen LogP contribution in [0.4, 0.5) is 4.39 Å². The second kappa shape index (κ2) is 8.63. The smallest absolute Gasteiger partial charge is 0.338 e. The predicted molar refractivity (Wildman–Crippen MR) is 93.5 cm³/mol. The minimum Gasteiger partial charge on any atom is -0.490 e. The maximum Gasteiger partial charge on any atom is 0.338 e. The third kappa shape index (κ3) is 5.16. The van der Waals surface area contributed by atoms with Crippen molar-refractivity contribution in [3.8, 4) is 5.75 Å². The van der Waals surface area contributed by atoms with Gasteiger partial charge in [-0.2, -0.15) is 0 Å². The monoisotopic (exact) mass is 350 g/mol. The minimum absolute atomic E-state index is 0.187. The molecular formula is C19H27FN2O3. The largest absolute Gasteiger partial charge is 0.490 e. The molecule has 0 spiro atoms. The second-order valence-corrected chi connectivity index (χ2v) is 6.68. The van der Waals surface area contributed by atoms with Crippen LogP contribution in [0.2, 0.25) is 0 Å². The third-order valence-electron chi connectivity index (χ3n) is 4.79. The number of piperazine rings is 1. The minimum atomic E-state index is -0.524. The number of carbonyl (C=O) groups is 1. The van der Waals surface area contributed by atoms with Gasteiger partial charge in [0, 0.05) is 38.8 Å². The topological polar surface area (TPSA) is 42.0 Å². The number of hydrogen-bond donors (Lipinski definition) is 0. The highest BCUT2D eigenvalue weighted by atomic mass is 19.1. The van der Waals surface area contributed by atoms with Gasteiger partial charge in [-0.15, -0.1) is 0 Å². The molecule has 1 aromatic carbocycles. The zero-order valence-corrected chi connectivity index (χ0v) is 14.9. The molecule has 1 heterocycles. The molecule has 2 fully saturated rings. The van der Waals surface area contributed by atoms with Crippen LogP contribution in [-0.4, -0.2) is 67.7 Å². The van der Waals surface area contributed by atoms with Crippen LogP contribution in [0.25, 0.3) is 0 Å². The number of benzene rings is 1. The van der Waals surface area contributed by atoms with Gasteiger partial charge in [-0.25, -0.2) is 9.18 Å². The van der Waals surface area contributed by atoms with Crippen molar-refractivity contribution in [2.24, 2.45) is 0 Å². The molecular weight excluding hydrogens is 323 g/mol. The molecule has 0 radical (unpaired) electrons. The van der Waals surface area contributed by atoms with Gasteiger partial charge in [0.15, 0.2) is 11.6 Å². The quantitative estimate of drug-likeness (QED) is 0.532. The van der Waals surface area contributed by atoms with Gasteiger partial charge in [-0.05, 0) is 44.4 Å². The summed E-state index contributed by atoms with van der Waals surface area (Å²) >= 11 is 0. The van der Waals surface area contributed by atoms with Gasteiger partial charge in [0.1, 0.15) is 0 Å². The lowest BCUT2D eigenvalue weighted by Crippen LogP contribution is -2.47. The van der Waals surface area contributed by atoms with Crippen molar-refractivity contribution in [2.75, 3.05) is 45.9 Å². The SMILES string of the molecule is CCOC(=O)c1ccc(OCCCN2CCN(C3CC3)CC2)c(F)c1. The first kappa shape index (κ1) is 18.1. The standard InChI is InChI=1S/C19H27FN2O3/c1-2-24-19(23)15-4-7-18(17(20)14-15)25-13-3-8-21-9-11-22(12-10-21)16-5-6-16/h4,7,14,16H,2-3,5-6,8-13H2,1H3. The Morgan fingerprint density at radius 2 is 2.00 bits per heavy atom. The molecule has 1 aliphatic heterocycles. The molecule has 0 N–H and O–H groups in total. The molecule has 0 unspecified atom stereocenters. The first-order valence-corrected chi connectivity index (χ1v) is 9.23. The summed E-state index contributed by atoms with van der Waals surface area (Å²) < 4.78 is 24.4. The van der Waals surface area contributed by atoms with E-state index in [4.69, 9.17) is 9.47 Å². The van der Waals surface area contributed by atoms with Crippen molar-refractivity contribution >= 4 is 5.97 Å². The lowest BCUT2D eigenvalue weighted by molar-refractivity contribution is 0.0525. The van der Waals surface area contributed by atoms with E-state index in [1.807, 2.05) is 0 Å². The molecule has 0 atom stereocenters. The summed E-state index contributed by atoms with van der Waals surface area (Å²) in [7, 11) is 0. The van der Waals surface area contributed by atoms with E-state index in [1.165, 1.54) is 31.0 Å². The van der Waals surface area contributed by atoms with E-state index in [2.05, 4.69) is 9.80 Å². The Morgan fingerprint density at radius 3 is 2.64 bits per heavy atom. The summed E-state index contributed by atoms with van der Waals surface area (Å²) in [6.07, 6.45) is 3.60. The fourth-order valence-electron chi connectivity index (χ4n) is 3.22. The Labute approximate surface area is 148 Å². The molecule has 1 saturated carbocycles. The fraction of sp³-hybridized carbons (Fsp3) is 0.632. The van der Waals surface area contributed by atoms with Crippen LogP contribution >= 0.6 is 0 Å². The van der Waals surface area contributed by atoms with Crippen molar-refractivity contribution in [2.45, 2.75) is 32.2 Å². The number of carbonyl (C=O) groups excluding carboxylic acids is 1. The molecule has 6 heteroatoms. The summed E-state index contributed by atoms with van der Waals surface area (Å²) in [4.78, 5) is 16.6. The summed E-state index contributed by atoms with van der Waals surface area (Å²) in [5, 5.41) is 0. The van der Waals surface area contributed by atoms with E-state index >= 15 is 0 Å². The number of halogens is 1. The molecule has 3 rings (SSSR count). The Hall–Kier alpha value is -1.66. The summed E-state index contributed by atoms with van der Waals surface area (Å²) in [6, 6.07) is 5.06. The Morgan fingerprint density at radius 1 is 1.24 bits per heavy atom. The predicted octanol–water partition coefficient (Wildman–Crippen LogP) is 2.55. The highest BCUT2D eigenvalue weighted by Gasteiger charge is 2.30. The molecule has 138 valence electrons. The highest BCUT2D eigenvalue weighted by molar-refractivity contribution is 5.89. The number of nitrogens with zero attached hydrogens (tertiary/aromatic N) is 2. The van der Waals surface area contributed by atoms with Crippen molar-refractivity contribution in [1.82, 2.24) is 9.80 Å². The van der Waals surface area contributed by atoms with Crippen molar-refractivity contribution in [3.05, 3.63) is 29.6 Å². The molecule has 1 aliphatic carbocycles. The number of rotatable bonds is 8. The molecule has 0 aromatic heterocycles. The van der Waals surface area contributed by atoms with Gasteiger partial charge in [-0.3, -0.25) is 4.90 Å².